The number of nitrogen functional groups attached to an aromatic ring is 1. The molecule has 0 aromatic heterocycles. The number of hydrogen-bond acceptors (Lipinski definition) is 3. The van der Waals surface area contributed by atoms with Crippen molar-refractivity contribution < 1.29 is 14.3 Å². The van der Waals surface area contributed by atoms with Crippen LogP contribution >= 0.6 is 0 Å². The number of amides is 1. The van der Waals surface area contributed by atoms with Crippen LogP contribution in [-0.4, -0.2) is 23.7 Å². The Balaban J connectivity index is 2.82. The van der Waals surface area contributed by atoms with Crippen molar-refractivity contribution in [2.75, 3.05) is 12.3 Å². The summed E-state index contributed by atoms with van der Waals surface area (Å²) in [5.41, 5.74) is 5.59. The predicted molar refractivity (Wildman–Crippen MR) is 64.0 cm³/mol. The van der Waals surface area contributed by atoms with Crippen LogP contribution < -0.4 is 11.1 Å². The van der Waals surface area contributed by atoms with E-state index in [1.54, 1.807) is 0 Å². The fraction of sp³-hybridized carbons (Fsp3) is 0.417. The fourth-order valence-electron chi connectivity index (χ4n) is 1.38. The lowest BCUT2D eigenvalue weighted by atomic mass is 10.0. The number of aliphatic hydroxyl groups is 1. The molecular weight excluding hydrogens is 223 g/mol. The van der Waals surface area contributed by atoms with Gasteiger partial charge in [-0.2, -0.15) is 0 Å². The molecule has 0 saturated carbocycles. The quantitative estimate of drug-likeness (QED) is 0.691. The van der Waals surface area contributed by atoms with Crippen molar-refractivity contribution in [2.24, 2.45) is 5.92 Å². The Labute approximate surface area is 99.6 Å². The summed E-state index contributed by atoms with van der Waals surface area (Å²) >= 11 is 0. The van der Waals surface area contributed by atoms with Crippen LogP contribution in [-0.2, 0) is 0 Å². The average Bonchev–Trinajstić information content (AvgIpc) is 2.24. The van der Waals surface area contributed by atoms with Crippen LogP contribution in [0.4, 0.5) is 10.1 Å². The van der Waals surface area contributed by atoms with Gasteiger partial charge in [-0.3, -0.25) is 4.79 Å². The van der Waals surface area contributed by atoms with Gasteiger partial charge in [0.05, 0.1) is 18.2 Å². The lowest BCUT2D eigenvalue weighted by Crippen LogP contribution is -2.41. The van der Waals surface area contributed by atoms with Crippen LogP contribution in [0.2, 0.25) is 0 Å². The highest BCUT2D eigenvalue weighted by Gasteiger charge is 2.18. The van der Waals surface area contributed by atoms with Crippen molar-refractivity contribution in [3.63, 3.8) is 0 Å². The summed E-state index contributed by atoms with van der Waals surface area (Å²) in [6.07, 6.45) is 0. The molecule has 1 amide bonds. The number of anilines is 1. The molecule has 17 heavy (non-hydrogen) atoms. The zero-order chi connectivity index (χ0) is 13.0. The van der Waals surface area contributed by atoms with E-state index in [0.717, 1.165) is 6.07 Å². The molecule has 0 spiro atoms. The molecule has 0 aliphatic carbocycles. The standard InChI is InChI=1S/C12H17FN2O2/c1-7(2)11(6-16)15-12(17)9-4-3-8(14)5-10(9)13/h3-5,7,11,16H,6,14H2,1-2H3,(H,15,17). The van der Waals surface area contributed by atoms with E-state index in [4.69, 9.17) is 10.8 Å². The number of rotatable bonds is 4. The number of halogens is 1. The highest BCUT2D eigenvalue weighted by atomic mass is 19.1. The number of nitrogens with two attached hydrogens (primary N) is 1. The molecule has 4 N–H and O–H groups in total. The van der Waals surface area contributed by atoms with Gasteiger partial charge in [0.15, 0.2) is 0 Å². The summed E-state index contributed by atoms with van der Waals surface area (Å²) in [6.45, 7) is 3.54. The van der Waals surface area contributed by atoms with Crippen LogP contribution in [0.3, 0.4) is 0 Å². The first-order valence-electron chi connectivity index (χ1n) is 5.42. The van der Waals surface area contributed by atoms with E-state index in [1.807, 2.05) is 13.8 Å². The van der Waals surface area contributed by atoms with E-state index in [1.165, 1.54) is 12.1 Å². The Morgan fingerprint density at radius 1 is 1.53 bits per heavy atom. The molecule has 5 heteroatoms. The summed E-state index contributed by atoms with van der Waals surface area (Å²) in [5.74, 6) is -1.14. The van der Waals surface area contributed by atoms with Gasteiger partial charge in [0, 0.05) is 5.69 Å². The maximum Gasteiger partial charge on any atom is 0.254 e. The molecule has 0 aliphatic rings. The molecule has 1 unspecified atom stereocenters. The van der Waals surface area contributed by atoms with Crippen LogP contribution in [0.1, 0.15) is 24.2 Å². The summed E-state index contributed by atoms with van der Waals surface area (Å²) in [5, 5.41) is 11.7. The van der Waals surface area contributed by atoms with Crippen LogP contribution in [0.25, 0.3) is 0 Å². The molecular formula is C12H17FN2O2. The predicted octanol–water partition coefficient (Wildman–Crippen LogP) is 1.15. The minimum atomic E-state index is -0.664. The van der Waals surface area contributed by atoms with Gasteiger partial charge >= 0.3 is 0 Å². The summed E-state index contributed by atoms with van der Waals surface area (Å²) < 4.78 is 13.5. The van der Waals surface area contributed by atoms with Gasteiger partial charge in [0.25, 0.3) is 5.91 Å². The molecule has 0 fully saturated rings. The van der Waals surface area contributed by atoms with Gasteiger partial charge in [-0.25, -0.2) is 4.39 Å². The fourth-order valence-corrected chi connectivity index (χ4v) is 1.38. The molecule has 1 rings (SSSR count). The van der Waals surface area contributed by atoms with Crippen LogP contribution in [0.5, 0.6) is 0 Å². The maximum atomic E-state index is 13.5. The third-order valence-corrected chi connectivity index (χ3v) is 2.56. The van der Waals surface area contributed by atoms with E-state index < -0.39 is 11.7 Å². The number of carbonyl (C=O) groups is 1. The van der Waals surface area contributed by atoms with Gasteiger partial charge in [-0.05, 0) is 24.1 Å². The summed E-state index contributed by atoms with van der Waals surface area (Å²) in [6, 6.07) is 3.49. The van der Waals surface area contributed by atoms with Crippen molar-refractivity contribution in [1.82, 2.24) is 5.32 Å². The number of hydrogen-bond donors (Lipinski definition) is 3. The zero-order valence-electron chi connectivity index (χ0n) is 9.90. The van der Waals surface area contributed by atoms with Gasteiger partial charge in [0.1, 0.15) is 5.82 Å². The lowest BCUT2D eigenvalue weighted by Gasteiger charge is -2.20. The topological polar surface area (TPSA) is 75.3 Å². The highest BCUT2D eigenvalue weighted by molar-refractivity contribution is 5.95. The summed E-state index contributed by atoms with van der Waals surface area (Å²) in [4.78, 5) is 11.7. The molecule has 0 heterocycles. The second-order valence-corrected chi connectivity index (χ2v) is 4.25. The van der Waals surface area contributed by atoms with Crippen molar-refractivity contribution >= 4 is 11.6 Å². The van der Waals surface area contributed by atoms with Crippen molar-refractivity contribution in [1.29, 1.82) is 0 Å². The highest BCUT2D eigenvalue weighted by Crippen LogP contribution is 2.12. The Hall–Kier alpha value is -1.62. The van der Waals surface area contributed by atoms with Gasteiger partial charge < -0.3 is 16.2 Å². The largest absolute Gasteiger partial charge is 0.399 e. The van der Waals surface area contributed by atoms with Crippen molar-refractivity contribution in [3.8, 4) is 0 Å². The monoisotopic (exact) mass is 240 g/mol. The zero-order valence-corrected chi connectivity index (χ0v) is 9.90. The molecule has 4 nitrogen and oxygen atoms in total. The Morgan fingerprint density at radius 3 is 2.65 bits per heavy atom. The number of benzene rings is 1. The molecule has 1 atom stereocenters. The lowest BCUT2D eigenvalue weighted by molar-refractivity contribution is 0.0893. The van der Waals surface area contributed by atoms with E-state index in [2.05, 4.69) is 5.32 Å². The number of nitrogens with one attached hydrogen (secondary N) is 1. The van der Waals surface area contributed by atoms with Gasteiger partial charge in [0.2, 0.25) is 0 Å². The molecule has 1 aromatic rings. The second-order valence-electron chi connectivity index (χ2n) is 4.25. The van der Waals surface area contributed by atoms with E-state index in [-0.39, 0.29) is 29.8 Å². The van der Waals surface area contributed by atoms with E-state index in [0.29, 0.717) is 0 Å². The third-order valence-electron chi connectivity index (χ3n) is 2.56. The molecule has 1 aromatic carbocycles. The Morgan fingerprint density at radius 2 is 2.18 bits per heavy atom. The van der Waals surface area contributed by atoms with Crippen molar-refractivity contribution in [2.45, 2.75) is 19.9 Å². The normalized spacial score (nSPS) is 12.5. The first kappa shape index (κ1) is 13.4. The number of carbonyl (C=O) groups excluding carboxylic acids is 1. The second kappa shape index (κ2) is 5.63. The molecule has 0 radical (unpaired) electrons. The minimum absolute atomic E-state index is 0.0702. The van der Waals surface area contributed by atoms with E-state index >= 15 is 0 Å². The number of aliphatic hydroxyl groups excluding tert-OH is 1. The Kier molecular flexibility index (Phi) is 4.45. The van der Waals surface area contributed by atoms with Crippen LogP contribution in [0.15, 0.2) is 18.2 Å². The molecule has 94 valence electrons. The average molecular weight is 240 g/mol. The molecule has 0 saturated heterocycles. The van der Waals surface area contributed by atoms with Crippen molar-refractivity contribution in [3.05, 3.63) is 29.6 Å². The SMILES string of the molecule is CC(C)C(CO)NC(=O)c1ccc(N)cc1F. The summed E-state index contributed by atoms with van der Waals surface area (Å²) in [7, 11) is 0. The van der Waals surface area contributed by atoms with E-state index in [9.17, 15) is 9.18 Å². The maximum absolute atomic E-state index is 13.5. The first-order chi connectivity index (χ1) is 7.95. The van der Waals surface area contributed by atoms with Crippen LogP contribution in [0, 0.1) is 11.7 Å². The van der Waals surface area contributed by atoms with Gasteiger partial charge in [-0.15, -0.1) is 0 Å². The first-order valence-corrected chi connectivity index (χ1v) is 5.42. The minimum Gasteiger partial charge on any atom is -0.399 e. The smallest absolute Gasteiger partial charge is 0.254 e. The van der Waals surface area contributed by atoms with Gasteiger partial charge in [-0.1, -0.05) is 13.8 Å². The molecule has 0 bridgehead atoms. The third kappa shape index (κ3) is 3.42. The molecule has 0 aliphatic heterocycles. The Bertz CT molecular complexity index is 407.